The van der Waals surface area contributed by atoms with Crippen LogP contribution < -0.4 is 0 Å². The Labute approximate surface area is 155 Å². The Kier molecular flexibility index (Phi) is 6.29. The van der Waals surface area contributed by atoms with Gasteiger partial charge in [0.05, 0.1) is 11.4 Å². The van der Waals surface area contributed by atoms with Crippen LogP contribution in [-0.2, 0) is 16.1 Å². The fourth-order valence-electron chi connectivity index (χ4n) is 3.73. The van der Waals surface area contributed by atoms with Crippen LogP contribution >= 0.6 is 0 Å². The molecule has 3 rings (SSSR count). The number of amides is 1. The molecule has 0 saturated carbocycles. The molecule has 7 nitrogen and oxygen atoms in total. The van der Waals surface area contributed by atoms with Crippen molar-refractivity contribution in [3.05, 3.63) is 17.0 Å². The molecule has 1 amide bonds. The van der Waals surface area contributed by atoms with E-state index in [1.807, 2.05) is 18.7 Å². The minimum Gasteiger partial charge on any atom is -0.391 e. The van der Waals surface area contributed by atoms with Crippen LogP contribution in [0.25, 0.3) is 0 Å². The van der Waals surface area contributed by atoms with E-state index in [9.17, 15) is 4.79 Å². The van der Waals surface area contributed by atoms with Crippen LogP contribution in [0, 0.1) is 13.8 Å². The minimum atomic E-state index is 0.173. The number of hydrogen-bond donors (Lipinski definition) is 0. The van der Waals surface area contributed by atoms with Crippen LogP contribution in [0.3, 0.4) is 0 Å². The van der Waals surface area contributed by atoms with Crippen molar-refractivity contribution in [1.82, 2.24) is 15.0 Å². The van der Waals surface area contributed by atoms with Gasteiger partial charge in [-0.3, -0.25) is 9.69 Å². The van der Waals surface area contributed by atoms with Gasteiger partial charge in [0.15, 0.2) is 0 Å². The molecule has 1 unspecified atom stereocenters. The van der Waals surface area contributed by atoms with Gasteiger partial charge in [0.1, 0.15) is 11.9 Å². The highest BCUT2D eigenvalue weighted by atomic mass is 16.6. The van der Waals surface area contributed by atoms with Crippen molar-refractivity contribution in [3.8, 4) is 0 Å². The van der Waals surface area contributed by atoms with E-state index in [0.717, 1.165) is 74.7 Å². The summed E-state index contributed by atoms with van der Waals surface area (Å²) in [6.07, 6.45) is 4.30. The van der Waals surface area contributed by atoms with Crippen molar-refractivity contribution in [2.24, 2.45) is 5.16 Å². The van der Waals surface area contributed by atoms with E-state index in [2.05, 4.69) is 22.1 Å². The molecule has 26 heavy (non-hydrogen) atoms. The highest BCUT2D eigenvalue weighted by Crippen LogP contribution is 2.17. The van der Waals surface area contributed by atoms with E-state index >= 15 is 0 Å². The van der Waals surface area contributed by atoms with Crippen molar-refractivity contribution >= 4 is 11.6 Å². The highest BCUT2D eigenvalue weighted by Gasteiger charge is 2.25. The predicted molar refractivity (Wildman–Crippen MR) is 99.2 cm³/mol. The van der Waals surface area contributed by atoms with Gasteiger partial charge in [-0.2, -0.15) is 0 Å². The molecule has 0 N–H and O–H groups in total. The van der Waals surface area contributed by atoms with Gasteiger partial charge in [0.2, 0.25) is 5.91 Å². The van der Waals surface area contributed by atoms with Gasteiger partial charge in [0, 0.05) is 51.1 Å². The Morgan fingerprint density at radius 2 is 2.08 bits per heavy atom. The Balaban J connectivity index is 1.44. The second-order valence-electron chi connectivity index (χ2n) is 7.28. The molecule has 2 aliphatic rings. The maximum atomic E-state index is 12.6. The fourth-order valence-corrected chi connectivity index (χ4v) is 3.73. The summed E-state index contributed by atoms with van der Waals surface area (Å²) in [5.41, 5.74) is 3.11. The molecular formula is C19H30N4O3. The highest BCUT2D eigenvalue weighted by molar-refractivity contribution is 5.85. The molecule has 0 radical (unpaired) electrons. The summed E-state index contributed by atoms with van der Waals surface area (Å²) >= 11 is 0. The number of carbonyl (C=O) groups is 1. The van der Waals surface area contributed by atoms with E-state index in [1.165, 1.54) is 0 Å². The molecule has 1 atom stereocenters. The van der Waals surface area contributed by atoms with Gasteiger partial charge in [-0.1, -0.05) is 17.2 Å². The molecule has 1 saturated heterocycles. The molecule has 1 aromatic rings. The summed E-state index contributed by atoms with van der Waals surface area (Å²) in [6.45, 7) is 10.4. The van der Waals surface area contributed by atoms with Gasteiger partial charge < -0.3 is 14.3 Å². The average molecular weight is 362 g/mol. The SMILES string of the molecule is CCC1=NOC(CN2CCCN(C(=O)CCc3c(C)noc3C)CC2)C1. The first-order valence-electron chi connectivity index (χ1n) is 9.70. The number of aryl methyl sites for hydroxylation is 2. The molecule has 2 aliphatic heterocycles. The first-order chi connectivity index (χ1) is 12.6. The molecule has 0 bridgehead atoms. The van der Waals surface area contributed by atoms with Crippen LogP contribution in [0.15, 0.2) is 9.68 Å². The summed E-state index contributed by atoms with van der Waals surface area (Å²) in [5.74, 6) is 1.04. The average Bonchev–Trinajstić information content (AvgIpc) is 3.13. The zero-order valence-corrected chi connectivity index (χ0v) is 16.2. The topological polar surface area (TPSA) is 71.2 Å². The fraction of sp³-hybridized carbons (Fsp3) is 0.737. The Hall–Kier alpha value is -1.89. The zero-order valence-electron chi connectivity index (χ0n) is 16.2. The Bertz CT molecular complexity index is 636. The summed E-state index contributed by atoms with van der Waals surface area (Å²) in [7, 11) is 0. The lowest BCUT2D eigenvalue weighted by Crippen LogP contribution is -2.37. The third kappa shape index (κ3) is 4.63. The first kappa shape index (κ1) is 18.9. The molecule has 3 heterocycles. The number of oxime groups is 1. The molecule has 1 aromatic heterocycles. The van der Waals surface area contributed by atoms with Crippen LogP contribution in [0.5, 0.6) is 0 Å². The quantitative estimate of drug-likeness (QED) is 0.777. The maximum Gasteiger partial charge on any atom is 0.222 e. The molecule has 0 aromatic carbocycles. The zero-order chi connectivity index (χ0) is 18.5. The third-order valence-electron chi connectivity index (χ3n) is 5.38. The van der Waals surface area contributed by atoms with Crippen molar-refractivity contribution in [3.63, 3.8) is 0 Å². The van der Waals surface area contributed by atoms with Crippen LogP contribution in [-0.4, -0.2) is 65.4 Å². The largest absolute Gasteiger partial charge is 0.391 e. The summed E-state index contributed by atoms with van der Waals surface area (Å²) in [4.78, 5) is 22.5. The number of rotatable bonds is 6. The monoisotopic (exact) mass is 362 g/mol. The van der Waals surface area contributed by atoms with Crippen molar-refractivity contribution < 1.29 is 14.2 Å². The molecule has 0 spiro atoms. The summed E-state index contributed by atoms with van der Waals surface area (Å²) in [6, 6.07) is 0. The maximum absolute atomic E-state index is 12.6. The number of aromatic nitrogens is 1. The predicted octanol–water partition coefficient (Wildman–Crippen LogP) is 2.31. The normalized spacial score (nSPS) is 21.4. The number of hydrogen-bond acceptors (Lipinski definition) is 6. The van der Waals surface area contributed by atoms with Gasteiger partial charge in [-0.05, 0) is 33.1 Å². The minimum absolute atomic E-state index is 0.173. The van der Waals surface area contributed by atoms with Gasteiger partial charge >= 0.3 is 0 Å². The van der Waals surface area contributed by atoms with Crippen molar-refractivity contribution in [2.45, 2.75) is 59.0 Å². The number of nitrogens with zero attached hydrogens (tertiary/aromatic N) is 4. The number of carbonyl (C=O) groups excluding carboxylic acids is 1. The third-order valence-corrected chi connectivity index (χ3v) is 5.38. The smallest absolute Gasteiger partial charge is 0.222 e. The molecule has 7 heteroatoms. The van der Waals surface area contributed by atoms with Gasteiger partial charge in [-0.15, -0.1) is 0 Å². The lowest BCUT2D eigenvalue weighted by atomic mass is 10.1. The van der Waals surface area contributed by atoms with Gasteiger partial charge in [-0.25, -0.2) is 0 Å². The van der Waals surface area contributed by atoms with Crippen LogP contribution in [0.2, 0.25) is 0 Å². The van der Waals surface area contributed by atoms with Gasteiger partial charge in [0.25, 0.3) is 0 Å². The summed E-state index contributed by atoms with van der Waals surface area (Å²) < 4.78 is 5.18. The van der Waals surface area contributed by atoms with E-state index in [1.54, 1.807) is 0 Å². The van der Waals surface area contributed by atoms with Crippen molar-refractivity contribution in [1.29, 1.82) is 0 Å². The molecule has 1 fully saturated rings. The Morgan fingerprint density at radius 1 is 1.23 bits per heavy atom. The Morgan fingerprint density at radius 3 is 2.77 bits per heavy atom. The van der Waals surface area contributed by atoms with Crippen LogP contribution in [0.1, 0.15) is 49.6 Å². The molecule has 144 valence electrons. The standard InChI is InChI=1S/C19H30N4O3/c1-4-16-12-17(26-21-16)13-22-8-5-9-23(11-10-22)19(24)7-6-18-14(2)20-25-15(18)3/h17H,4-13H2,1-3H3. The lowest BCUT2D eigenvalue weighted by molar-refractivity contribution is -0.131. The second kappa shape index (κ2) is 8.66. The van der Waals surface area contributed by atoms with Crippen LogP contribution in [0.4, 0.5) is 0 Å². The van der Waals surface area contributed by atoms with E-state index in [-0.39, 0.29) is 12.0 Å². The van der Waals surface area contributed by atoms with Crippen molar-refractivity contribution in [2.75, 3.05) is 32.7 Å². The molecular weight excluding hydrogens is 332 g/mol. The van der Waals surface area contributed by atoms with E-state index in [4.69, 9.17) is 9.36 Å². The second-order valence-corrected chi connectivity index (χ2v) is 7.28. The molecule has 0 aliphatic carbocycles. The lowest BCUT2D eigenvalue weighted by Gasteiger charge is -2.23. The van der Waals surface area contributed by atoms with E-state index in [0.29, 0.717) is 12.8 Å². The first-order valence-corrected chi connectivity index (χ1v) is 9.70. The van der Waals surface area contributed by atoms with E-state index < -0.39 is 0 Å². The summed E-state index contributed by atoms with van der Waals surface area (Å²) in [5, 5.41) is 8.11.